The van der Waals surface area contributed by atoms with Crippen LogP contribution in [0.3, 0.4) is 0 Å². The molecule has 0 fully saturated rings. The second-order valence-electron chi connectivity index (χ2n) is 5.42. The molecule has 0 atom stereocenters. The third-order valence-corrected chi connectivity index (χ3v) is 3.85. The number of aromatic hydroxyl groups is 2. The van der Waals surface area contributed by atoms with Crippen molar-refractivity contribution in [1.82, 2.24) is 4.98 Å². The lowest BCUT2D eigenvalue weighted by Gasteiger charge is -2.12. The number of H-pyrrole nitrogens is 1. The van der Waals surface area contributed by atoms with Crippen molar-refractivity contribution < 1.29 is 19.7 Å². The molecule has 0 aliphatic carbocycles. The fraction of sp³-hybridized carbons (Fsp3) is 0.105. The number of aromatic nitrogens is 1. The lowest BCUT2D eigenvalue weighted by atomic mass is 10.0. The first-order valence-corrected chi connectivity index (χ1v) is 7.51. The third kappa shape index (κ3) is 3.28. The van der Waals surface area contributed by atoms with Gasteiger partial charge < -0.3 is 24.7 Å². The van der Waals surface area contributed by atoms with E-state index < -0.39 is 0 Å². The highest BCUT2D eigenvalue weighted by molar-refractivity contribution is 5.75. The van der Waals surface area contributed by atoms with Crippen LogP contribution in [0, 0.1) is 0 Å². The molecule has 3 N–H and O–H groups in total. The summed E-state index contributed by atoms with van der Waals surface area (Å²) in [6.07, 6.45) is 0. The van der Waals surface area contributed by atoms with Gasteiger partial charge in [-0.05, 0) is 41.5 Å². The number of hydrogen-bond donors (Lipinski definition) is 3. The molecular formula is C19H17NO5. The van der Waals surface area contributed by atoms with Crippen LogP contribution in [0.5, 0.6) is 23.0 Å². The molecule has 0 aliphatic heterocycles. The zero-order valence-corrected chi connectivity index (χ0v) is 13.7. The Morgan fingerprint density at radius 3 is 2.32 bits per heavy atom. The zero-order chi connectivity index (χ0) is 18.0. The van der Waals surface area contributed by atoms with E-state index in [0.717, 1.165) is 0 Å². The average Bonchev–Trinajstić information content (AvgIpc) is 2.62. The monoisotopic (exact) mass is 339 g/mol. The Balaban J connectivity index is 2.14. The molecule has 0 bridgehead atoms. The van der Waals surface area contributed by atoms with Crippen LogP contribution in [0.15, 0.2) is 53.3 Å². The van der Waals surface area contributed by atoms with Crippen LogP contribution in [0.2, 0.25) is 0 Å². The van der Waals surface area contributed by atoms with Crippen LogP contribution in [0.1, 0.15) is 0 Å². The van der Waals surface area contributed by atoms with Crippen molar-refractivity contribution in [2.75, 3.05) is 14.2 Å². The largest absolute Gasteiger partial charge is 0.504 e. The molecule has 3 rings (SSSR count). The smallest absolute Gasteiger partial charge is 0.249 e. The lowest BCUT2D eigenvalue weighted by Crippen LogP contribution is -2.06. The molecule has 0 aliphatic rings. The quantitative estimate of drug-likeness (QED) is 0.635. The number of nitrogens with one attached hydrogen (secondary N) is 1. The normalized spacial score (nSPS) is 10.5. The van der Waals surface area contributed by atoms with E-state index in [1.807, 2.05) is 0 Å². The van der Waals surface area contributed by atoms with Crippen molar-refractivity contribution in [1.29, 1.82) is 0 Å². The minimum atomic E-state index is -0.294. The Hall–Kier alpha value is -3.41. The third-order valence-electron chi connectivity index (χ3n) is 3.85. The highest BCUT2D eigenvalue weighted by atomic mass is 16.5. The van der Waals surface area contributed by atoms with Gasteiger partial charge in [0, 0.05) is 17.7 Å². The molecule has 0 unspecified atom stereocenters. The minimum absolute atomic E-state index is 0.217. The van der Waals surface area contributed by atoms with Gasteiger partial charge in [0.2, 0.25) is 5.56 Å². The number of phenolic OH excluding ortho intramolecular Hbond substituents is 2. The highest BCUT2D eigenvalue weighted by Crippen LogP contribution is 2.35. The van der Waals surface area contributed by atoms with Crippen molar-refractivity contribution in [3.05, 3.63) is 58.9 Å². The van der Waals surface area contributed by atoms with Gasteiger partial charge in [0.05, 0.1) is 19.9 Å². The SMILES string of the molecule is COc1ccc(-c2cc(-c3ccc(O)c(O)c3)cc(=O)[nH]2)c(OC)c1. The Labute approximate surface area is 143 Å². The van der Waals surface area contributed by atoms with E-state index >= 15 is 0 Å². The summed E-state index contributed by atoms with van der Waals surface area (Å²) in [5.41, 5.74) is 2.18. The maximum absolute atomic E-state index is 12.1. The molecule has 128 valence electrons. The van der Waals surface area contributed by atoms with Crippen molar-refractivity contribution >= 4 is 0 Å². The van der Waals surface area contributed by atoms with Gasteiger partial charge in [-0.2, -0.15) is 0 Å². The first-order chi connectivity index (χ1) is 12.0. The molecule has 6 nitrogen and oxygen atoms in total. The molecule has 6 heteroatoms. The van der Waals surface area contributed by atoms with Gasteiger partial charge in [-0.15, -0.1) is 0 Å². The molecule has 0 amide bonds. The molecule has 25 heavy (non-hydrogen) atoms. The van der Waals surface area contributed by atoms with Gasteiger partial charge in [-0.3, -0.25) is 4.79 Å². The van der Waals surface area contributed by atoms with E-state index in [-0.39, 0.29) is 17.1 Å². The van der Waals surface area contributed by atoms with Crippen molar-refractivity contribution in [3.63, 3.8) is 0 Å². The van der Waals surface area contributed by atoms with Gasteiger partial charge in [-0.25, -0.2) is 0 Å². The maximum atomic E-state index is 12.1. The molecule has 0 spiro atoms. The molecule has 1 heterocycles. The first-order valence-electron chi connectivity index (χ1n) is 7.51. The molecule has 0 saturated heterocycles. The number of rotatable bonds is 4. The number of methoxy groups -OCH3 is 2. The second-order valence-corrected chi connectivity index (χ2v) is 5.42. The number of benzene rings is 2. The van der Waals surface area contributed by atoms with Gasteiger partial charge in [0.15, 0.2) is 11.5 Å². The first kappa shape index (κ1) is 16.4. The number of hydrogen-bond acceptors (Lipinski definition) is 5. The molecule has 1 aromatic heterocycles. The fourth-order valence-corrected chi connectivity index (χ4v) is 2.58. The number of pyridine rings is 1. The second kappa shape index (κ2) is 6.60. The summed E-state index contributed by atoms with van der Waals surface area (Å²) in [5.74, 6) is 0.732. The summed E-state index contributed by atoms with van der Waals surface area (Å²) in [7, 11) is 3.10. The van der Waals surface area contributed by atoms with Gasteiger partial charge in [0.1, 0.15) is 11.5 Å². The van der Waals surface area contributed by atoms with E-state index in [0.29, 0.717) is 33.9 Å². The van der Waals surface area contributed by atoms with Crippen molar-refractivity contribution in [2.24, 2.45) is 0 Å². The lowest BCUT2D eigenvalue weighted by molar-refractivity contribution is 0.395. The number of ether oxygens (including phenoxy) is 2. The molecule has 2 aromatic carbocycles. The summed E-state index contributed by atoms with van der Waals surface area (Å²) >= 11 is 0. The molecular weight excluding hydrogens is 322 g/mol. The van der Waals surface area contributed by atoms with Gasteiger partial charge in [0.25, 0.3) is 0 Å². The molecule has 0 radical (unpaired) electrons. The van der Waals surface area contributed by atoms with Crippen LogP contribution in [0.25, 0.3) is 22.4 Å². The predicted molar refractivity (Wildman–Crippen MR) is 94.4 cm³/mol. The highest BCUT2D eigenvalue weighted by Gasteiger charge is 2.11. The van der Waals surface area contributed by atoms with Crippen LogP contribution < -0.4 is 15.0 Å². The van der Waals surface area contributed by atoms with Gasteiger partial charge in [-0.1, -0.05) is 6.07 Å². The van der Waals surface area contributed by atoms with Crippen molar-refractivity contribution in [2.45, 2.75) is 0 Å². The van der Waals surface area contributed by atoms with Crippen LogP contribution in [-0.4, -0.2) is 29.4 Å². The van der Waals surface area contributed by atoms with E-state index in [1.165, 1.54) is 25.3 Å². The summed E-state index contributed by atoms with van der Waals surface area (Å²) in [6, 6.07) is 12.9. The summed E-state index contributed by atoms with van der Waals surface area (Å²) in [4.78, 5) is 14.9. The average molecular weight is 339 g/mol. The summed E-state index contributed by atoms with van der Waals surface area (Å²) in [5, 5.41) is 19.1. The summed E-state index contributed by atoms with van der Waals surface area (Å²) in [6.45, 7) is 0. The van der Waals surface area contributed by atoms with E-state index in [2.05, 4.69) is 4.98 Å². The van der Waals surface area contributed by atoms with Crippen LogP contribution in [0.4, 0.5) is 0 Å². The Bertz CT molecular complexity index is 978. The fourth-order valence-electron chi connectivity index (χ4n) is 2.58. The standard InChI is InChI=1S/C19H17NO5/c1-24-13-4-5-14(18(10-13)25-2)15-7-12(9-19(23)20-15)11-3-6-16(21)17(22)8-11/h3-10,21-22H,1-2H3,(H,20,23). The molecule has 3 aromatic rings. The molecule has 0 saturated carbocycles. The van der Waals surface area contributed by atoms with Crippen LogP contribution in [-0.2, 0) is 0 Å². The Morgan fingerprint density at radius 1 is 0.840 bits per heavy atom. The van der Waals surface area contributed by atoms with Gasteiger partial charge >= 0.3 is 0 Å². The minimum Gasteiger partial charge on any atom is -0.504 e. The van der Waals surface area contributed by atoms with E-state index in [4.69, 9.17) is 9.47 Å². The topological polar surface area (TPSA) is 91.8 Å². The Morgan fingerprint density at radius 2 is 1.64 bits per heavy atom. The predicted octanol–water partition coefficient (Wildman–Crippen LogP) is 3.14. The number of phenols is 2. The maximum Gasteiger partial charge on any atom is 0.249 e. The van der Waals surface area contributed by atoms with Crippen molar-refractivity contribution in [3.8, 4) is 45.4 Å². The zero-order valence-electron chi connectivity index (χ0n) is 13.7. The van der Waals surface area contributed by atoms with E-state index in [1.54, 1.807) is 37.4 Å². The summed E-state index contributed by atoms with van der Waals surface area (Å²) < 4.78 is 10.6. The Kier molecular flexibility index (Phi) is 4.35. The number of aromatic amines is 1. The van der Waals surface area contributed by atoms with Crippen LogP contribution >= 0.6 is 0 Å². The van der Waals surface area contributed by atoms with E-state index in [9.17, 15) is 15.0 Å².